The number of hydrogen-bond donors (Lipinski definition) is 0. The molecule has 0 aliphatic carbocycles. The van der Waals surface area contributed by atoms with Crippen LogP contribution >= 0.6 is 23.2 Å². The van der Waals surface area contributed by atoms with Crippen LogP contribution < -0.4 is 0 Å². The molecule has 0 saturated carbocycles. The summed E-state index contributed by atoms with van der Waals surface area (Å²) in [6.45, 7) is 0. The normalized spacial score (nSPS) is 12.4. The topological polar surface area (TPSA) is 17.1 Å². The third kappa shape index (κ3) is 3.10. The predicted molar refractivity (Wildman–Crippen MR) is 73.0 cm³/mol. The fourth-order valence-electron chi connectivity index (χ4n) is 1.49. The third-order valence-corrected chi connectivity index (χ3v) is 4.37. The third-order valence-electron chi connectivity index (χ3n) is 2.38. The van der Waals surface area contributed by atoms with Gasteiger partial charge in [-0.3, -0.25) is 4.21 Å². The number of rotatable bonds is 3. The van der Waals surface area contributed by atoms with Gasteiger partial charge in [-0.2, -0.15) is 0 Å². The lowest BCUT2D eigenvalue weighted by atomic mass is 10.2. The molecule has 94 valence electrons. The van der Waals surface area contributed by atoms with E-state index in [1.807, 2.05) is 0 Å². The summed E-state index contributed by atoms with van der Waals surface area (Å²) in [6, 6.07) is 11.0. The number of hydrogen-bond acceptors (Lipinski definition) is 1. The van der Waals surface area contributed by atoms with Crippen LogP contribution in [0.15, 0.2) is 47.4 Å². The Morgan fingerprint density at radius 2 is 1.83 bits per heavy atom. The van der Waals surface area contributed by atoms with Crippen molar-refractivity contribution in [1.82, 2.24) is 0 Å². The van der Waals surface area contributed by atoms with Crippen LogP contribution in [0, 0.1) is 5.82 Å². The van der Waals surface area contributed by atoms with Gasteiger partial charge in [-0.1, -0.05) is 41.4 Å². The highest BCUT2D eigenvalue weighted by molar-refractivity contribution is 7.84. The fourth-order valence-corrected chi connectivity index (χ4v) is 3.25. The smallest absolute Gasteiger partial charge is 0.139 e. The van der Waals surface area contributed by atoms with Gasteiger partial charge in [-0.25, -0.2) is 4.39 Å². The zero-order valence-corrected chi connectivity index (χ0v) is 11.5. The highest BCUT2D eigenvalue weighted by atomic mass is 35.5. The van der Waals surface area contributed by atoms with E-state index in [2.05, 4.69) is 0 Å². The Morgan fingerprint density at radius 3 is 2.50 bits per heavy atom. The van der Waals surface area contributed by atoms with Crippen LogP contribution in [0.3, 0.4) is 0 Å². The van der Waals surface area contributed by atoms with E-state index in [4.69, 9.17) is 23.2 Å². The Morgan fingerprint density at radius 1 is 1.11 bits per heavy atom. The summed E-state index contributed by atoms with van der Waals surface area (Å²) in [4.78, 5) is 0.184. The van der Waals surface area contributed by atoms with Gasteiger partial charge in [-0.05, 0) is 29.8 Å². The summed E-state index contributed by atoms with van der Waals surface area (Å²) in [5, 5.41) is 0.951. The van der Waals surface area contributed by atoms with Crippen LogP contribution in [0.2, 0.25) is 10.0 Å². The van der Waals surface area contributed by atoms with Crippen LogP contribution in [0.4, 0.5) is 4.39 Å². The maximum Gasteiger partial charge on any atom is 0.139 e. The van der Waals surface area contributed by atoms with E-state index in [9.17, 15) is 8.60 Å². The second-order valence-corrected chi connectivity index (χ2v) is 5.92. The molecule has 2 aromatic rings. The second kappa shape index (κ2) is 5.83. The van der Waals surface area contributed by atoms with Gasteiger partial charge >= 0.3 is 0 Å². The van der Waals surface area contributed by atoms with Gasteiger partial charge in [0.1, 0.15) is 5.82 Å². The van der Waals surface area contributed by atoms with Crippen LogP contribution in [-0.4, -0.2) is 4.21 Å². The van der Waals surface area contributed by atoms with Crippen molar-refractivity contribution in [2.75, 3.05) is 0 Å². The molecule has 0 bridgehead atoms. The lowest BCUT2D eigenvalue weighted by molar-refractivity contribution is 0.595. The Labute approximate surface area is 117 Å². The highest BCUT2D eigenvalue weighted by Crippen LogP contribution is 2.24. The first-order valence-corrected chi connectivity index (χ1v) is 7.22. The molecule has 0 N–H and O–H groups in total. The van der Waals surface area contributed by atoms with Crippen molar-refractivity contribution >= 4 is 34.0 Å². The molecule has 0 radical (unpaired) electrons. The largest absolute Gasteiger partial charge is 0.254 e. The van der Waals surface area contributed by atoms with Crippen molar-refractivity contribution in [3.8, 4) is 0 Å². The first-order valence-electron chi connectivity index (χ1n) is 5.15. The van der Waals surface area contributed by atoms with Crippen LogP contribution in [0.25, 0.3) is 0 Å². The molecule has 18 heavy (non-hydrogen) atoms. The van der Waals surface area contributed by atoms with Gasteiger partial charge in [0.05, 0.1) is 21.4 Å². The van der Waals surface area contributed by atoms with E-state index in [1.165, 1.54) is 12.1 Å². The molecule has 0 aliphatic rings. The molecule has 0 fully saturated rings. The molecular formula is C13H9Cl2FOS. The second-order valence-electron chi connectivity index (χ2n) is 3.66. The minimum Gasteiger partial charge on any atom is -0.254 e. The first kappa shape index (κ1) is 13.5. The number of benzene rings is 2. The lowest BCUT2D eigenvalue weighted by Crippen LogP contribution is -1.99. The maximum absolute atomic E-state index is 13.5. The summed E-state index contributed by atoms with van der Waals surface area (Å²) in [7, 11) is -1.47. The molecule has 1 unspecified atom stereocenters. The zero-order valence-electron chi connectivity index (χ0n) is 9.20. The quantitative estimate of drug-likeness (QED) is 0.819. The maximum atomic E-state index is 13.5. The van der Waals surface area contributed by atoms with E-state index in [0.29, 0.717) is 15.6 Å². The van der Waals surface area contributed by atoms with Crippen molar-refractivity contribution in [2.45, 2.75) is 10.6 Å². The molecule has 5 heteroatoms. The molecule has 2 aromatic carbocycles. The summed E-state index contributed by atoms with van der Waals surface area (Å²) < 4.78 is 25.5. The molecule has 0 heterocycles. The molecule has 2 rings (SSSR count). The molecule has 0 spiro atoms. The lowest BCUT2D eigenvalue weighted by Gasteiger charge is -2.06. The van der Waals surface area contributed by atoms with Crippen molar-refractivity contribution < 1.29 is 8.60 Å². The minimum atomic E-state index is -1.47. The molecule has 0 saturated heterocycles. The van der Waals surface area contributed by atoms with Crippen LogP contribution in [0.5, 0.6) is 0 Å². The standard InChI is InChI=1S/C13H9Cl2FOS/c14-10-6-5-9(11(15)7-10)8-18(17)13-4-2-1-3-12(13)16/h1-7H,8H2. The zero-order chi connectivity index (χ0) is 13.1. The van der Waals surface area contributed by atoms with Gasteiger partial charge in [0, 0.05) is 10.0 Å². The molecule has 1 atom stereocenters. The van der Waals surface area contributed by atoms with Gasteiger partial charge in [0.25, 0.3) is 0 Å². The summed E-state index contributed by atoms with van der Waals surface area (Å²) in [5.41, 5.74) is 0.683. The highest BCUT2D eigenvalue weighted by Gasteiger charge is 2.12. The van der Waals surface area contributed by atoms with E-state index >= 15 is 0 Å². The Hall–Kier alpha value is -0.900. The molecule has 0 amide bonds. The van der Waals surface area contributed by atoms with Crippen LogP contribution in [0.1, 0.15) is 5.56 Å². The van der Waals surface area contributed by atoms with Crippen molar-refractivity contribution in [3.05, 3.63) is 63.9 Å². The van der Waals surface area contributed by atoms with E-state index in [0.717, 1.165) is 0 Å². The van der Waals surface area contributed by atoms with Gasteiger partial charge in [-0.15, -0.1) is 0 Å². The summed E-state index contributed by atoms with van der Waals surface area (Å²) in [5.74, 6) is -0.308. The van der Waals surface area contributed by atoms with Crippen LogP contribution in [-0.2, 0) is 16.6 Å². The van der Waals surface area contributed by atoms with E-state index in [-0.39, 0.29) is 10.6 Å². The SMILES string of the molecule is O=S(Cc1ccc(Cl)cc1Cl)c1ccccc1F. The summed E-state index contributed by atoms with van der Waals surface area (Å²) >= 11 is 11.8. The van der Waals surface area contributed by atoms with E-state index < -0.39 is 16.6 Å². The van der Waals surface area contributed by atoms with Gasteiger partial charge in [0.2, 0.25) is 0 Å². The molecule has 1 nitrogen and oxygen atoms in total. The van der Waals surface area contributed by atoms with Crippen molar-refractivity contribution in [3.63, 3.8) is 0 Å². The molecular weight excluding hydrogens is 294 g/mol. The Balaban J connectivity index is 2.24. The molecule has 0 aromatic heterocycles. The average molecular weight is 303 g/mol. The number of halogens is 3. The van der Waals surface area contributed by atoms with Crippen molar-refractivity contribution in [1.29, 1.82) is 0 Å². The molecule has 0 aliphatic heterocycles. The first-order chi connectivity index (χ1) is 8.58. The average Bonchev–Trinajstić information content (AvgIpc) is 2.33. The summed E-state index contributed by atoms with van der Waals surface area (Å²) in [6.07, 6.45) is 0. The fraction of sp³-hybridized carbons (Fsp3) is 0.0769. The monoisotopic (exact) mass is 302 g/mol. The predicted octanol–water partition coefficient (Wildman–Crippen LogP) is 4.44. The van der Waals surface area contributed by atoms with E-state index in [1.54, 1.807) is 30.3 Å². The Bertz CT molecular complexity index is 601. The van der Waals surface area contributed by atoms with Crippen molar-refractivity contribution in [2.24, 2.45) is 0 Å². The van der Waals surface area contributed by atoms with Gasteiger partial charge < -0.3 is 0 Å². The van der Waals surface area contributed by atoms with Gasteiger partial charge in [0.15, 0.2) is 0 Å². The Kier molecular flexibility index (Phi) is 4.38. The minimum absolute atomic E-state index is 0.164.